The SMILES string of the molecule is CC(C)[C@H]1O[C@@H]1C(=O)c1ccccc1. The molecule has 1 aromatic rings. The van der Waals surface area contributed by atoms with Crippen molar-refractivity contribution in [1.29, 1.82) is 0 Å². The predicted octanol–water partition coefficient (Wildman–Crippen LogP) is 2.29. The summed E-state index contributed by atoms with van der Waals surface area (Å²) in [5, 5.41) is 0. The van der Waals surface area contributed by atoms with E-state index in [0.717, 1.165) is 5.56 Å². The fourth-order valence-electron chi connectivity index (χ4n) is 1.61. The first-order valence-electron chi connectivity index (χ1n) is 4.95. The molecule has 0 aromatic heterocycles. The molecule has 0 amide bonds. The van der Waals surface area contributed by atoms with Crippen molar-refractivity contribution in [2.45, 2.75) is 26.1 Å². The van der Waals surface area contributed by atoms with Crippen LogP contribution in [0.3, 0.4) is 0 Å². The van der Waals surface area contributed by atoms with E-state index in [1.165, 1.54) is 0 Å². The van der Waals surface area contributed by atoms with Gasteiger partial charge >= 0.3 is 0 Å². The first-order chi connectivity index (χ1) is 6.70. The second-order valence-electron chi connectivity index (χ2n) is 4.00. The summed E-state index contributed by atoms with van der Waals surface area (Å²) in [4.78, 5) is 11.8. The maximum absolute atomic E-state index is 11.8. The predicted molar refractivity (Wildman–Crippen MR) is 54.3 cm³/mol. The summed E-state index contributed by atoms with van der Waals surface area (Å²) in [7, 11) is 0. The highest BCUT2D eigenvalue weighted by Crippen LogP contribution is 2.31. The summed E-state index contributed by atoms with van der Waals surface area (Å²) < 4.78 is 5.35. The largest absolute Gasteiger partial charge is 0.361 e. The zero-order valence-electron chi connectivity index (χ0n) is 8.44. The van der Waals surface area contributed by atoms with Crippen LogP contribution in [0.25, 0.3) is 0 Å². The lowest BCUT2D eigenvalue weighted by Crippen LogP contribution is -2.13. The van der Waals surface area contributed by atoms with Crippen LogP contribution in [0.1, 0.15) is 24.2 Å². The molecule has 0 saturated carbocycles. The Labute approximate surface area is 83.9 Å². The molecular weight excluding hydrogens is 176 g/mol. The number of carbonyl (C=O) groups excluding carboxylic acids is 1. The first kappa shape index (κ1) is 9.41. The number of ketones is 1. The van der Waals surface area contributed by atoms with Crippen molar-refractivity contribution >= 4 is 5.78 Å². The fraction of sp³-hybridized carbons (Fsp3) is 0.417. The van der Waals surface area contributed by atoms with Gasteiger partial charge < -0.3 is 4.74 Å². The lowest BCUT2D eigenvalue weighted by atomic mass is 10.0. The molecule has 2 rings (SSSR count). The van der Waals surface area contributed by atoms with Gasteiger partial charge in [0.15, 0.2) is 5.78 Å². The van der Waals surface area contributed by atoms with E-state index in [0.29, 0.717) is 5.92 Å². The van der Waals surface area contributed by atoms with Crippen molar-refractivity contribution in [3.8, 4) is 0 Å². The highest BCUT2D eigenvalue weighted by molar-refractivity contribution is 6.01. The first-order valence-corrected chi connectivity index (χ1v) is 4.95. The molecule has 0 unspecified atom stereocenters. The van der Waals surface area contributed by atoms with Gasteiger partial charge in [-0.05, 0) is 5.92 Å². The van der Waals surface area contributed by atoms with Crippen molar-refractivity contribution < 1.29 is 9.53 Å². The van der Waals surface area contributed by atoms with E-state index in [-0.39, 0.29) is 18.0 Å². The molecule has 2 atom stereocenters. The molecule has 74 valence electrons. The molecule has 2 nitrogen and oxygen atoms in total. The van der Waals surface area contributed by atoms with Crippen LogP contribution in [0.15, 0.2) is 30.3 Å². The minimum absolute atomic E-state index is 0.115. The summed E-state index contributed by atoms with van der Waals surface area (Å²) in [5.41, 5.74) is 0.751. The maximum atomic E-state index is 11.8. The molecule has 0 bridgehead atoms. The zero-order chi connectivity index (χ0) is 10.1. The van der Waals surface area contributed by atoms with Gasteiger partial charge in [-0.25, -0.2) is 0 Å². The van der Waals surface area contributed by atoms with Gasteiger partial charge in [0.25, 0.3) is 0 Å². The Morgan fingerprint density at radius 3 is 2.43 bits per heavy atom. The molecule has 0 N–H and O–H groups in total. The Bertz CT molecular complexity index is 329. The van der Waals surface area contributed by atoms with Crippen molar-refractivity contribution in [3.63, 3.8) is 0 Å². The molecular formula is C12H14O2. The minimum atomic E-state index is -0.197. The van der Waals surface area contributed by atoms with E-state index in [1.54, 1.807) is 0 Å². The maximum Gasteiger partial charge on any atom is 0.194 e. The number of hydrogen-bond donors (Lipinski definition) is 0. The molecule has 2 heteroatoms. The average molecular weight is 190 g/mol. The fourth-order valence-corrected chi connectivity index (χ4v) is 1.61. The Morgan fingerprint density at radius 1 is 1.29 bits per heavy atom. The van der Waals surface area contributed by atoms with Crippen molar-refractivity contribution in [1.82, 2.24) is 0 Å². The lowest BCUT2D eigenvalue weighted by Gasteiger charge is -1.98. The monoisotopic (exact) mass is 190 g/mol. The standard InChI is InChI=1S/C12H14O2/c1-8(2)11-12(14-11)10(13)9-6-4-3-5-7-9/h3-8,11-12H,1-2H3/t11-,12-/m1/s1. The third-order valence-electron chi connectivity index (χ3n) is 2.50. The lowest BCUT2D eigenvalue weighted by molar-refractivity contribution is 0.0953. The van der Waals surface area contributed by atoms with Crippen LogP contribution in [0.4, 0.5) is 0 Å². The van der Waals surface area contributed by atoms with E-state index in [9.17, 15) is 4.79 Å². The Morgan fingerprint density at radius 2 is 1.93 bits per heavy atom. The van der Waals surface area contributed by atoms with E-state index >= 15 is 0 Å². The third kappa shape index (κ3) is 1.70. The summed E-state index contributed by atoms with van der Waals surface area (Å²) in [6, 6.07) is 9.33. The van der Waals surface area contributed by atoms with E-state index in [2.05, 4.69) is 13.8 Å². The van der Waals surface area contributed by atoms with Crippen LogP contribution < -0.4 is 0 Å². The highest BCUT2D eigenvalue weighted by Gasteiger charge is 2.46. The van der Waals surface area contributed by atoms with E-state index in [1.807, 2.05) is 30.3 Å². The van der Waals surface area contributed by atoms with Crippen LogP contribution in [0.2, 0.25) is 0 Å². The van der Waals surface area contributed by atoms with Gasteiger partial charge in [0.2, 0.25) is 0 Å². The summed E-state index contributed by atoms with van der Waals surface area (Å²) >= 11 is 0. The molecule has 1 saturated heterocycles. The zero-order valence-corrected chi connectivity index (χ0v) is 8.44. The van der Waals surface area contributed by atoms with Gasteiger partial charge in [-0.2, -0.15) is 0 Å². The molecule has 0 aliphatic carbocycles. The molecule has 0 radical (unpaired) electrons. The number of carbonyl (C=O) groups is 1. The second-order valence-corrected chi connectivity index (χ2v) is 4.00. The normalized spacial score (nSPS) is 25.1. The minimum Gasteiger partial charge on any atom is -0.361 e. The number of Topliss-reactive ketones (excluding diaryl/α,β-unsaturated/α-hetero) is 1. The van der Waals surface area contributed by atoms with E-state index < -0.39 is 0 Å². The van der Waals surface area contributed by atoms with Gasteiger partial charge in [-0.1, -0.05) is 44.2 Å². The molecule has 14 heavy (non-hydrogen) atoms. The van der Waals surface area contributed by atoms with Gasteiger partial charge in [0, 0.05) is 5.56 Å². The van der Waals surface area contributed by atoms with Crippen LogP contribution in [-0.2, 0) is 4.74 Å². The Kier molecular flexibility index (Phi) is 2.38. The van der Waals surface area contributed by atoms with Gasteiger partial charge in [-0.15, -0.1) is 0 Å². The number of hydrogen-bond acceptors (Lipinski definition) is 2. The third-order valence-corrected chi connectivity index (χ3v) is 2.50. The second kappa shape index (κ2) is 3.54. The van der Waals surface area contributed by atoms with Crippen LogP contribution in [-0.4, -0.2) is 18.0 Å². The number of rotatable bonds is 3. The highest BCUT2D eigenvalue weighted by atomic mass is 16.6. The average Bonchev–Trinajstić information content (AvgIpc) is 2.97. The van der Waals surface area contributed by atoms with Gasteiger partial charge in [0.05, 0.1) is 6.10 Å². The molecule has 1 aliphatic rings. The summed E-state index contributed by atoms with van der Waals surface area (Å²) in [5.74, 6) is 0.539. The van der Waals surface area contributed by atoms with Crippen LogP contribution in [0.5, 0.6) is 0 Å². The quantitative estimate of drug-likeness (QED) is 0.540. The molecule has 0 spiro atoms. The molecule has 1 aromatic carbocycles. The summed E-state index contributed by atoms with van der Waals surface area (Å²) in [6.45, 7) is 4.14. The topological polar surface area (TPSA) is 29.6 Å². The van der Waals surface area contributed by atoms with Gasteiger partial charge in [0.1, 0.15) is 6.10 Å². The molecule has 1 fully saturated rings. The number of epoxide rings is 1. The Hall–Kier alpha value is -1.15. The van der Waals surface area contributed by atoms with Crippen LogP contribution in [0, 0.1) is 5.92 Å². The number of ether oxygens (including phenoxy) is 1. The van der Waals surface area contributed by atoms with E-state index in [4.69, 9.17) is 4.74 Å². The smallest absolute Gasteiger partial charge is 0.194 e. The Balaban J connectivity index is 2.05. The van der Waals surface area contributed by atoms with Crippen molar-refractivity contribution in [2.75, 3.05) is 0 Å². The van der Waals surface area contributed by atoms with Crippen molar-refractivity contribution in [2.24, 2.45) is 5.92 Å². The molecule has 1 heterocycles. The van der Waals surface area contributed by atoms with Gasteiger partial charge in [-0.3, -0.25) is 4.79 Å². The molecule has 1 aliphatic heterocycles. The van der Waals surface area contributed by atoms with Crippen LogP contribution >= 0.6 is 0 Å². The van der Waals surface area contributed by atoms with Crippen molar-refractivity contribution in [3.05, 3.63) is 35.9 Å². The summed E-state index contributed by atoms with van der Waals surface area (Å²) in [6.07, 6.45) is -0.0693. The number of benzene rings is 1.